The molecule has 1 unspecified atom stereocenters. The number of ether oxygens (including phenoxy) is 1. The first-order valence-corrected chi connectivity index (χ1v) is 7.06. The summed E-state index contributed by atoms with van der Waals surface area (Å²) in [6.45, 7) is 0. The molecule has 1 nitrogen and oxygen atoms in total. The van der Waals surface area contributed by atoms with E-state index in [1.165, 1.54) is 13.2 Å². The van der Waals surface area contributed by atoms with Crippen LogP contribution in [-0.4, -0.2) is 7.11 Å². The van der Waals surface area contributed by atoms with Gasteiger partial charge in [0.05, 0.1) is 17.0 Å². The van der Waals surface area contributed by atoms with E-state index in [1.54, 1.807) is 18.2 Å². The SMILES string of the molecule is COc1cc(F)c(Br)cc1C(Cl)c1ccc(Cl)cc1. The van der Waals surface area contributed by atoms with Gasteiger partial charge in [-0.25, -0.2) is 4.39 Å². The van der Waals surface area contributed by atoms with E-state index < -0.39 is 5.38 Å². The Morgan fingerprint density at radius 2 is 1.84 bits per heavy atom. The molecule has 0 aliphatic carbocycles. The first-order valence-electron chi connectivity index (χ1n) is 5.45. The molecule has 0 N–H and O–H groups in total. The molecule has 0 bridgehead atoms. The van der Waals surface area contributed by atoms with Crippen molar-refractivity contribution in [3.05, 3.63) is 62.8 Å². The van der Waals surface area contributed by atoms with Gasteiger partial charge in [0.25, 0.3) is 0 Å². The van der Waals surface area contributed by atoms with Gasteiger partial charge in [0.15, 0.2) is 0 Å². The minimum Gasteiger partial charge on any atom is -0.496 e. The second-order valence-corrected chi connectivity index (χ2v) is 5.65. The van der Waals surface area contributed by atoms with E-state index >= 15 is 0 Å². The van der Waals surface area contributed by atoms with Crippen molar-refractivity contribution >= 4 is 39.1 Å². The van der Waals surface area contributed by atoms with Crippen molar-refractivity contribution in [3.8, 4) is 5.75 Å². The quantitative estimate of drug-likeness (QED) is 0.647. The molecule has 0 aliphatic heterocycles. The van der Waals surface area contributed by atoms with Crippen molar-refractivity contribution in [2.75, 3.05) is 7.11 Å². The predicted octanol–water partition coefficient (Wildman–Crippen LogP) is 5.58. The van der Waals surface area contributed by atoms with Gasteiger partial charge in [-0.3, -0.25) is 0 Å². The highest BCUT2D eigenvalue weighted by molar-refractivity contribution is 9.10. The molecule has 100 valence electrons. The van der Waals surface area contributed by atoms with Crippen LogP contribution in [0.3, 0.4) is 0 Å². The van der Waals surface area contributed by atoms with Crippen molar-refractivity contribution in [2.24, 2.45) is 0 Å². The minimum absolute atomic E-state index is 0.350. The zero-order valence-corrected chi connectivity index (χ0v) is 13.1. The average Bonchev–Trinajstić information content (AvgIpc) is 2.41. The molecule has 19 heavy (non-hydrogen) atoms. The van der Waals surface area contributed by atoms with Gasteiger partial charge in [0, 0.05) is 16.7 Å². The highest BCUT2D eigenvalue weighted by atomic mass is 79.9. The monoisotopic (exact) mass is 362 g/mol. The average molecular weight is 364 g/mol. The van der Waals surface area contributed by atoms with Gasteiger partial charge >= 0.3 is 0 Å². The number of hydrogen-bond donors (Lipinski definition) is 0. The highest BCUT2D eigenvalue weighted by Gasteiger charge is 2.18. The zero-order chi connectivity index (χ0) is 14.0. The third kappa shape index (κ3) is 3.22. The zero-order valence-electron chi connectivity index (χ0n) is 9.96. The molecule has 0 spiro atoms. The van der Waals surface area contributed by atoms with E-state index in [2.05, 4.69) is 15.9 Å². The van der Waals surface area contributed by atoms with E-state index in [4.69, 9.17) is 27.9 Å². The Morgan fingerprint density at radius 1 is 1.21 bits per heavy atom. The summed E-state index contributed by atoms with van der Waals surface area (Å²) in [6, 6.07) is 10.1. The smallest absolute Gasteiger partial charge is 0.141 e. The van der Waals surface area contributed by atoms with Gasteiger partial charge in [-0.05, 0) is 39.7 Å². The molecule has 0 saturated heterocycles. The normalized spacial score (nSPS) is 12.3. The largest absolute Gasteiger partial charge is 0.496 e. The van der Waals surface area contributed by atoms with Gasteiger partial charge in [-0.15, -0.1) is 11.6 Å². The lowest BCUT2D eigenvalue weighted by molar-refractivity contribution is 0.406. The molecule has 0 saturated carbocycles. The maximum absolute atomic E-state index is 13.5. The Bertz CT molecular complexity index is 587. The van der Waals surface area contributed by atoms with Crippen molar-refractivity contribution in [1.82, 2.24) is 0 Å². The summed E-state index contributed by atoms with van der Waals surface area (Å²) in [7, 11) is 1.48. The molecule has 2 aromatic carbocycles. The third-order valence-electron chi connectivity index (χ3n) is 2.71. The molecule has 0 radical (unpaired) electrons. The topological polar surface area (TPSA) is 9.23 Å². The third-order valence-corrected chi connectivity index (χ3v) is 4.06. The van der Waals surface area contributed by atoms with E-state index in [9.17, 15) is 4.39 Å². The molecular formula is C14H10BrCl2FO. The molecule has 0 aliphatic rings. The molecule has 2 rings (SSSR count). The molecule has 1 atom stereocenters. The van der Waals surface area contributed by atoms with E-state index in [0.717, 1.165) is 5.56 Å². The summed E-state index contributed by atoms with van der Waals surface area (Å²) in [5.41, 5.74) is 1.56. The van der Waals surface area contributed by atoms with E-state index in [-0.39, 0.29) is 5.82 Å². The molecule has 5 heteroatoms. The molecule has 0 fully saturated rings. The van der Waals surface area contributed by atoms with Gasteiger partial charge in [0.2, 0.25) is 0 Å². The number of alkyl halides is 1. The minimum atomic E-state index is -0.441. The molecule has 0 heterocycles. The fourth-order valence-corrected chi connectivity index (χ4v) is 2.53. The maximum atomic E-state index is 13.5. The first kappa shape index (κ1) is 14.6. The van der Waals surface area contributed by atoms with Gasteiger partial charge in [-0.2, -0.15) is 0 Å². The Hall–Kier alpha value is -0.770. The number of rotatable bonds is 3. The van der Waals surface area contributed by atoms with Crippen LogP contribution in [0.25, 0.3) is 0 Å². The summed E-state index contributed by atoms with van der Waals surface area (Å²) in [4.78, 5) is 0. The van der Waals surface area contributed by atoms with Crippen LogP contribution in [0.5, 0.6) is 5.75 Å². The summed E-state index contributed by atoms with van der Waals surface area (Å²) < 4.78 is 19.0. The highest BCUT2D eigenvalue weighted by Crippen LogP contribution is 2.38. The predicted molar refractivity (Wildman–Crippen MR) is 79.8 cm³/mol. The standard InChI is InChI=1S/C14H10BrCl2FO/c1-19-13-7-12(18)11(15)6-10(13)14(17)8-2-4-9(16)5-3-8/h2-7,14H,1H3. The Morgan fingerprint density at radius 3 is 2.42 bits per heavy atom. The fraction of sp³-hybridized carbons (Fsp3) is 0.143. The maximum Gasteiger partial charge on any atom is 0.141 e. The Balaban J connectivity index is 2.45. The number of halogens is 4. The van der Waals surface area contributed by atoms with E-state index in [0.29, 0.717) is 20.8 Å². The van der Waals surface area contributed by atoms with Crippen LogP contribution in [0.4, 0.5) is 4.39 Å². The lowest BCUT2D eigenvalue weighted by Gasteiger charge is -2.15. The lowest BCUT2D eigenvalue weighted by atomic mass is 10.0. The molecular weight excluding hydrogens is 354 g/mol. The fourth-order valence-electron chi connectivity index (χ4n) is 1.73. The number of benzene rings is 2. The molecule has 2 aromatic rings. The van der Waals surface area contributed by atoms with Crippen LogP contribution in [0.2, 0.25) is 5.02 Å². The Kier molecular flexibility index (Phi) is 4.71. The van der Waals surface area contributed by atoms with Gasteiger partial charge in [-0.1, -0.05) is 23.7 Å². The summed E-state index contributed by atoms with van der Waals surface area (Å²) in [6.07, 6.45) is 0. The number of hydrogen-bond acceptors (Lipinski definition) is 1. The van der Waals surface area contributed by atoms with E-state index in [1.807, 2.05) is 12.1 Å². The van der Waals surface area contributed by atoms with Crippen molar-refractivity contribution < 1.29 is 9.13 Å². The summed E-state index contributed by atoms with van der Waals surface area (Å²) >= 11 is 15.4. The van der Waals surface area contributed by atoms with Crippen molar-refractivity contribution in [1.29, 1.82) is 0 Å². The van der Waals surface area contributed by atoms with Crippen molar-refractivity contribution in [2.45, 2.75) is 5.38 Å². The van der Waals surface area contributed by atoms with Crippen LogP contribution in [0.15, 0.2) is 40.9 Å². The van der Waals surface area contributed by atoms with Crippen LogP contribution in [0, 0.1) is 5.82 Å². The summed E-state index contributed by atoms with van der Waals surface area (Å²) in [5.74, 6) is 0.0243. The second-order valence-electron chi connectivity index (χ2n) is 3.92. The van der Waals surface area contributed by atoms with Crippen LogP contribution >= 0.6 is 39.1 Å². The first-order chi connectivity index (χ1) is 9.02. The summed E-state index contributed by atoms with van der Waals surface area (Å²) in [5, 5.41) is 0.198. The Labute approximate surface area is 129 Å². The molecule has 0 aromatic heterocycles. The number of methoxy groups -OCH3 is 1. The van der Waals surface area contributed by atoms with Crippen LogP contribution in [-0.2, 0) is 0 Å². The van der Waals surface area contributed by atoms with Crippen LogP contribution in [0.1, 0.15) is 16.5 Å². The van der Waals surface area contributed by atoms with Gasteiger partial charge in [0.1, 0.15) is 11.6 Å². The molecule has 0 amide bonds. The van der Waals surface area contributed by atoms with Crippen molar-refractivity contribution in [3.63, 3.8) is 0 Å². The van der Waals surface area contributed by atoms with Crippen LogP contribution < -0.4 is 4.74 Å². The lowest BCUT2D eigenvalue weighted by Crippen LogP contribution is -1.99. The second kappa shape index (κ2) is 6.12. The van der Waals surface area contributed by atoms with Gasteiger partial charge < -0.3 is 4.74 Å².